The SMILES string of the molecule is COCc1nnc(NC(=O)CNC(=O)c2ccc(F)cc2)s1. The Kier molecular flexibility index (Phi) is 5.50. The molecule has 0 aliphatic rings. The third-order valence-electron chi connectivity index (χ3n) is 2.50. The second kappa shape index (κ2) is 7.57. The van der Waals surface area contributed by atoms with Gasteiger partial charge in [0.1, 0.15) is 17.4 Å². The van der Waals surface area contributed by atoms with E-state index in [1.54, 1.807) is 0 Å². The Labute approximate surface area is 129 Å². The highest BCUT2D eigenvalue weighted by atomic mass is 32.1. The average Bonchev–Trinajstić information content (AvgIpc) is 2.93. The van der Waals surface area contributed by atoms with E-state index in [0.717, 1.165) is 0 Å². The fourth-order valence-electron chi connectivity index (χ4n) is 1.51. The van der Waals surface area contributed by atoms with Gasteiger partial charge in [-0.3, -0.25) is 14.9 Å². The topological polar surface area (TPSA) is 93.2 Å². The minimum absolute atomic E-state index is 0.227. The molecule has 1 aromatic carbocycles. The van der Waals surface area contributed by atoms with Crippen LogP contribution in [0.25, 0.3) is 0 Å². The number of amides is 2. The monoisotopic (exact) mass is 324 g/mol. The van der Waals surface area contributed by atoms with E-state index in [1.165, 1.54) is 42.7 Å². The molecule has 116 valence electrons. The van der Waals surface area contributed by atoms with Gasteiger partial charge in [-0.25, -0.2) is 4.39 Å². The maximum Gasteiger partial charge on any atom is 0.251 e. The number of hydrogen-bond acceptors (Lipinski definition) is 6. The Morgan fingerprint density at radius 1 is 1.27 bits per heavy atom. The van der Waals surface area contributed by atoms with E-state index in [1.807, 2.05) is 0 Å². The number of aromatic nitrogens is 2. The van der Waals surface area contributed by atoms with Gasteiger partial charge in [0.2, 0.25) is 11.0 Å². The van der Waals surface area contributed by atoms with E-state index in [2.05, 4.69) is 20.8 Å². The van der Waals surface area contributed by atoms with Crippen LogP contribution < -0.4 is 10.6 Å². The van der Waals surface area contributed by atoms with Crippen LogP contribution in [0.15, 0.2) is 24.3 Å². The lowest BCUT2D eigenvalue weighted by Crippen LogP contribution is -2.32. The van der Waals surface area contributed by atoms with Crippen molar-refractivity contribution >= 4 is 28.3 Å². The molecule has 2 aromatic rings. The summed E-state index contributed by atoms with van der Waals surface area (Å²) < 4.78 is 17.6. The predicted octanol–water partition coefficient (Wildman–Crippen LogP) is 1.19. The average molecular weight is 324 g/mol. The van der Waals surface area contributed by atoms with Crippen LogP contribution >= 0.6 is 11.3 Å². The largest absolute Gasteiger partial charge is 0.377 e. The maximum atomic E-state index is 12.7. The van der Waals surface area contributed by atoms with Crippen LogP contribution in [0.5, 0.6) is 0 Å². The Hall–Kier alpha value is -2.39. The summed E-state index contributed by atoms with van der Waals surface area (Å²) >= 11 is 1.18. The van der Waals surface area contributed by atoms with Crippen LogP contribution in [0.1, 0.15) is 15.4 Å². The smallest absolute Gasteiger partial charge is 0.251 e. The normalized spacial score (nSPS) is 10.3. The number of carbonyl (C=O) groups is 2. The van der Waals surface area contributed by atoms with Gasteiger partial charge in [-0.1, -0.05) is 11.3 Å². The molecule has 2 N–H and O–H groups in total. The first-order chi connectivity index (χ1) is 10.6. The number of halogens is 1. The van der Waals surface area contributed by atoms with Crippen molar-refractivity contribution in [2.45, 2.75) is 6.61 Å². The first-order valence-electron chi connectivity index (χ1n) is 6.23. The second-order valence-electron chi connectivity index (χ2n) is 4.17. The zero-order valence-corrected chi connectivity index (χ0v) is 12.4. The fraction of sp³-hybridized carbons (Fsp3) is 0.231. The van der Waals surface area contributed by atoms with Gasteiger partial charge < -0.3 is 10.1 Å². The third-order valence-corrected chi connectivity index (χ3v) is 3.31. The molecule has 1 aromatic heterocycles. The molecule has 7 nitrogen and oxygen atoms in total. The number of ether oxygens (including phenoxy) is 1. The first-order valence-corrected chi connectivity index (χ1v) is 7.05. The first kappa shape index (κ1) is 16.0. The van der Waals surface area contributed by atoms with Gasteiger partial charge in [-0.15, -0.1) is 10.2 Å². The van der Waals surface area contributed by atoms with E-state index < -0.39 is 17.6 Å². The molecule has 0 atom stereocenters. The van der Waals surface area contributed by atoms with E-state index in [4.69, 9.17) is 4.74 Å². The van der Waals surface area contributed by atoms with E-state index in [9.17, 15) is 14.0 Å². The summed E-state index contributed by atoms with van der Waals surface area (Å²) in [4.78, 5) is 23.4. The summed E-state index contributed by atoms with van der Waals surface area (Å²) in [5.41, 5.74) is 0.271. The van der Waals surface area contributed by atoms with Crippen LogP contribution in [0.2, 0.25) is 0 Å². The number of methoxy groups -OCH3 is 1. The number of rotatable bonds is 6. The van der Waals surface area contributed by atoms with Crippen molar-refractivity contribution in [2.24, 2.45) is 0 Å². The minimum atomic E-state index is -0.465. The van der Waals surface area contributed by atoms with Gasteiger partial charge in [0.05, 0.1) is 6.54 Å². The highest BCUT2D eigenvalue weighted by Gasteiger charge is 2.10. The van der Waals surface area contributed by atoms with Crippen molar-refractivity contribution in [1.29, 1.82) is 0 Å². The number of nitrogens with one attached hydrogen (secondary N) is 2. The van der Waals surface area contributed by atoms with Crippen molar-refractivity contribution in [1.82, 2.24) is 15.5 Å². The molecule has 1 heterocycles. The molecule has 0 fully saturated rings. The van der Waals surface area contributed by atoms with Crippen molar-refractivity contribution in [3.63, 3.8) is 0 Å². The highest BCUT2D eigenvalue weighted by Crippen LogP contribution is 2.15. The quantitative estimate of drug-likeness (QED) is 0.832. The summed E-state index contributed by atoms with van der Waals surface area (Å²) in [6, 6.07) is 5.02. The molecule has 22 heavy (non-hydrogen) atoms. The summed E-state index contributed by atoms with van der Waals surface area (Å²) in [5.74, 6) is -1.33. The van der Waals surface area contributed by atoms with Crippen LogP contribution in [-0.4, -0.2) is 35.7 Å². The minimum Gasteiger partial charge on any atom is -0.377 e. The lowest BCUT2D eigenvalue weighted by Gasteiger charge is -2.04. The van der Waals surface area contributed by atoms with Crippen molar-refractivity contribution in [2.75, 3.05) is 19.0 Å². The van der Waals surface area contributed by atoms with E-state index in [0.29, 0.717) is 16.7 Å². The van der Waals surface area contributed by atoms with E-state index >= 15 is 0 Å². The fourth-order valence-corrected chi connectivity index (χ4v) is 2.24. The summed E-state index contributed by atoms with van der Waals surface area (Å²) in [7, 11) is 1.53. The van der Waals surface area contributed by atoms with Gasteiger partial charge in [0.25, 0.3) is 5.91 Å². The molecule has 0 spiro atoms. The van der Waals surface area contributed by atoms with Crippen molar-refractivity contribution < 1.29 is 18.7 Å². The van der Waals surface area contributed by atoms with Crippen LogP contribution in [0.4, 0.5) is 9.52 Å². The lowest BCUT2D eigenvalue weighted by atomic mass is 10.2. The van der Waals surface area contributed by atoms with Gasteiger partial charge in [0.15, 0.2) is 0 Å². The highest BCUT2D eigenvalue weighted by molar-refractivity contribution is 7.15. The Morgan fingerprint density at radius 2 is 2.00 bits per heavy atom. The summed E-state index contributed by atoms with van der Waals surface area (Å²) in [6.07, 6.45) is 0. The number of carbonyl (C=O) groups excluding carboxylic acids is 2. The Morgan fingerprint density at radius 3 is 2.68 bits per heavy atom. The number of nitrogens with zero attached hydrogens (tertiary/aromatic N) is 2. The molecular formula is C13H13FN4O3S. The second-order valence-corrected chi connectivity index (χ2v) is 5.23. The Bertz CT molecular complexity index is 660. The predicted molar refractivity (Wildman–Crippen MR) is 78.0 cm³/mol. The van der Waals surface area contributed by atoms with Crippen molar-refractivity contribution in [3.05, 3.63) is 40.7 Å². The zero-order chi connectivity index (χ0) is 15.9. The molecule has 2 amide bonds. The van der Waals surface area contributed by atoms with Crippen LogP contribution in [0, 0.1) is 5.82 Å². The molecule has 0 bridgehead atoms. The van der Waals surface area contributed by atoms with E-state index in [-0.39, 0.29) is 12.1 Å². The number of anilines is 1. The summed E-state index contributed by atoms with van der Waals surface area (Å²) in [5, 5.41) is 13.5. The number of benzene rings is 1. The molecule has 0 radical (unpaired) electrons. The van der Waals surface area contributed by atoms with Crippen molar-refractivity contribution in [3.8, 4) is 0 Å². The number of hydrogen-bond donors (Lipinski definition) is 2. The zero-order valence-electron chi connectivity index (χ0n) is 11.6. The molecular weight excluding hydrogens is 311 g/mol. The molecule has 0 saturated heterocycles. The van der Waals surface area contributed by atoms with Crippen LogP contribution in [0.3, 0.4) is 0 Å². The third kappa shape index (κ3) is 4.57. The molecule has 9 heteroatoms. The summed E-state index contributed by atoms with van der Waals surface area (Å²) in [6.45, 7) is 0.0875. The Balaban J connectivity index is 1.81. The van der Waals surface area contributed by atoms with Crippen LogP contribution in [-0.2, 0) is 16.1 Å². The molecule has 0 aliphatic carbocycles. The maximum absolute atomic E-state index is 12.7. The van der Waals surface area contributed by atoms with Gasteiger partial charge in [0, 0.05) is 12.7 Å². The van der Waals surface area contributed by atoms with Gasteiger partial charge in [-0.05, 0) is 24.3 Å². The molecule has 0 unspecified atom stereocenters. The van der Waals surface area contributed by atoms with Gasteiger partial charge in [-0.2, -0.15) is 0 Å². The molecule has 0 saturated carbocycles. The standard InChI is InChI=1S/C13H13FN4O3S/c1-21-7-11-17-18-13(22-11)16-10(19)6-15-12(20)8-2-4-9(14)5-3-8/h2-5H,6-7H2,1H3,(H,15,20)(H,16,18,19). The molecule has 0 aliphatic heterocycles. The van der Waals surface area contributed by atoms with Gasteiger partial charge >= 0.3 is 0 Å². The molecule has 2 rings (SSSR count). The lowest BCUT2D eigenvalue weighted by molar-refractivity contribution is -0.115.